The van der Waals surface area contributed by atoms with E-state index in [0.29, 0.717) is 12.2 Å². The van der Waals surface area contributed by atoms with Gasteiger partial charge in [0.15, 0.2) is 0 Å². The van der Waals surface area contributed by atoms with Crippen LogP contribution >= 0.6 is 0 Å². The number of hydrogen-bond acceptors (Lipinski definition) is 3. The average molecular weight is 453 g/mol. The van der Waals surface area contributed by atoms with Crippen LogP contribution in [-0.2, 0) is 15.1 Å². The summed E-state index contributed by atoms with van der Waals surface area (Å²) in [5.41, 5.74) is 0. The Labute approximate surface area is 188 Å². The molecule has 0 saturated carbocycles. The molecule has 30 heavy (non-hydrogen) atoms. The topological polar surface area (TPSA) is 83.8 Å². The van der Waals surface area contributed by atoms with Gasteiger partial charge in [-0.2, -0.15) is 8.42 Å². The lowest BCUT2D eigenvalue weighted by Gasteiger charge is -2.19. The van der Waals surface area contributed by atoms with Gasteiger partial charge >= 0.3 is 10.4 Å². The van der Waals surface area contributed by atoms with E-state index in [9.17, 15) is 0 Å². The quantitative estimate of drug-likeness (QED) is 0.144. The lowest BCUT2D eigenvalue weighted by atomic mass is 10.1. The molecule has 0 fully saturated rings. The molecule has 6 heteroatoms. The first-order valence-electron chi connectivity index (χ1n) is 12.6. The summed E-state index contributed by atoms with van der Waals surface area (Å²) in [6.07, 6.45) is 25.9. The predicted molar refractivity (Wildman–Crippen MR) is 129 cm³/mol. The summed E-state index contributed by atoms with van der Waals surface area (Å²) in [6.45, 7) is 9.12. The van der Waals surface area contributed by atoms with Gasteiger partial charge in [-0.1, -0.05) is 117 Å². The molecule has 5 nitrogen and oxygen atoms in total. The molecule has 0 aromatic rings. The van der Waals surface area contributed by atoms with Crippen molar-refractivity contribution < 1.29 is 22.3 Å². The first kappa shape index (κ1) is 32.0. The third kappa shape index (κ3) is 35.3. The fraction of sp³-hybridized carbons (Fsp3) is 1.00. The predicted octanol–water partition coefficient (Wildman–Crippen LogP) is 8.19. The van der Waals surface area contributed by atoms with Crippen molar-refractivity contribution in [1.82, 2.24) is 0 Å². The highest BCUT2D eigenvalue weighted by Gasteiger charge is 2.08. The molecule has 2 atom stereocenters. The molecule has 184 valence electrons. The minimum absolute atomic E-state index is 0.448. The van der Waals surface area contributed by atoms with E-state index in [1.54, 1.807) is 0 Å². The molecule has 0 bridgehead atoms. The van der Waals surface area contributed by atoms with Crippen LogP contribution in [0.4, 0.5) is 0 Å². The second kappa shape index (κ2) is 23.5. The van der Waals surface area contributed by atoms with Gasteiger partial charge in [0.05, 0.1) is 12.2 Å². The first-order valence-corrected chi connectivity index (χ1v) is 14.0. The number of hydrogen-bond donors (Lipinski definition) is 2. The van der Waals surface area contributed by atoms with Crippen LogP contribution in [0.1, 0.15) is 143 Å². The van der Waals surface area contributed by atoms with Crippen molar-refractivity contribution in [2.45, 2.75) is 155 Å². The summed E-state index contributed by atoms with van der Waals surface area (Å²) in [5, 5.41) is 0. The van der Waals surface area contributed by atoms with Crippen molar-refractivity contribution >= 4 is 10.4 Å². The lowest BCUT2D eigenvalue weighted by Crippen LogP contribution is -2.17. The number of rotatable bonds is 20. The zero-order chi connectivity index (χ0) is 23.1. The van der Waals surface area contributed by atoms with E-state index in [0.717, 1.165) is 0 Å². The molecule has 0 aliphatic heterocycles. The van der Waals surface area contributed by atoms with Gasteiger partial charge in [-0.25, -0.2) is 0 Å². The van der Waals surface area contributed by atoms with Crippen molar-refractivity contribution in [2.24, 2.45) is 0 Å². The van der Waals surface area contributed by atoms with Crippen LogP contribution in [0.25, 0.3) is 0 Å². The van der Waals surface area contributed by atoms with E-state index in [-0.39, 0.29) is 0 Å². The van der Waals surface area contributed by atoms with Gasteiger partial charge in [0, 0.05) is 0 Å². The van der Waals surface area contributed by atoms with Crippen molar-refractivity contribution in [1.29, 1.82) is 0 Å². The molecule has 0 aromatic heterocycles. The maximum atomic E-state index is 8.74. The van der Waals surface area contributed by atoms with Gasteiger partial charge in [-0.3, -0.25) is 9.11 Å². The van der Waals surface area contributed by atoms with Crippen molar-refractivity contribution in [3.05, 3.63) is 0 Å². The summed E-state index contributed by atoms with van der Waals surface area (Å²) >= 11 is 0. The minimum Gasteiger partial charge on any atom is -0.376 e. The Morgan fingerprint density at radius 3 is 1.07 bits per heavy atom. The van der Waals surface area contributed by atoms with Gasteiger partial charge in [0.2, 0.25) is 0 Å². The average Bonchev–Trinajstić information content (AvgIpc) is 2.64. The molecular formula is C24H52O5S. The summed E-state index contributed by atoms with van der Waals surface area (Å²) in [5.74, 6) is 0. The van der Waals surface area contributed by atoms with Crippen LogP contribution in [-0.4, -0.2) is 29.7 Å². The molecule has 0 amide bonds. The molecule has 0 rings (SSSR count). The van der Waals surface area contributed by atoms with Crippen LogP contribution in [0.2, 0.25) is 0 Å². The highest BCUT2D eigenvalue weighted by molar-refractivity contribution is 7.79. The fourth-order valence-corrected chi connectivity index (χ4v) is 3.66. The molecule has 0 saturated heterocycles. The normalized spacial score (nSPS) is 13.5. The zero-order valence-corrected chi connectivity index (χ0v) is 21.2. The van der Waals surface area contributed by atoms with Gasteiger partial charge in [0.1, 0.15) is 0 Å². The molecule has 0 aliphatic rings. The molecule has 0 radical (unpaired) electrons. The summed E-state index contributed by atoms with van der Waals surface area (Å²) in [6, 6.07) is 0. The van der Waals surface area contributed by atoms with Gasteiger partial charge in [0.25, 0.3) is 0 Å². The Balaban J connectivity index is 0. The van der Waals surface area contributed by atoms with Crippen LogP contribution in [0.5, 0.6) is 0 Å². The van der Waals surface area contributed by atoms with Gasteiger partial charge in [-0.15, -0.1) is 0 Å². The van der Waals surface area contributed by atoms with Crippen molar-refractivity contribution in [2.75, 3.05) is 0 Å². The summed E-state index contributed by atoms with van der Waals surface area (Å²) < 4.78 is 37.8. The second-order valence-corrected chi connectivity index (χ2v) is 9.63. The van der Waals surface area contributed by atoms with Crippen LogP contribution in [0.3, 0.4) is 0 Å². The van der Waals surface area contributed by atoms with Gasteiger partial charge < -0.3 is 4.74 Å². The third-order valence-corrected chi connectivity index (χ3v) is 5.39. The first-order chi connectivity index (χ1) is 14.2. The van der Waals surface area contributed by atoms with E-state index >= 15 is 0 Å². The third-order valence-electron chi connectivity index (χ3n) is 5.39. The molecule has 0 aromatic carbocycles. The Morgan fingerprint density at radius 2 is 0.800 bits per heavy atom. The largest absolute Gasteiger partial charge is 0.394 e. The Hall–Kier alpha value is -0.170. The zero-order valence-electron chi connectivity index (χ0n) is 20.4. The molecule has 2 unspecified atom stereocenters. The molecule has 2 N–H and O–H groups in total. The Morgan fingerprint density at radius 1 is 0.567 bits per heavy atom. The second-order valence-electron chi connectivity index (χ2n) is 8.73. The number of ether oxygens (including phenoxy) is 1. The van der Waals surface area contributed by atoms with Gasteiger partial charge in [-0.05, 0) is 26.7 Å². The highest BCUT2D eigenvalue weighted by atomic mass is 32.3. The monoisotopic (exact) mass is 452 g/mol. The maximum Gasteiger partial charge on any atom is 0.394 e. The van der Waals surface area contributed by atoms with E-state index in [1.807, 2.05) is 0 Å². The smallest absolute Gasteiger partial charge is 0.376 e. The Bertz CT molecular complexity index is 393. The molecule has 0 spiro atoms. The van der Waals surface area contributed by atoms with Crippen molar-refractivity contribution in [3.8, 4) is 0 Å². The standard InChI is InChI=1S/C24H50O.H2O4S/c1-5-7-9-11-13-15-17-19-21-23(3)25-24(4)22-20-18-16-14-12-10-8-6-2;1-5(2,3)4/h23-24H,5-22H2,1-4H3;(H2,1,2,3,4). The van der Waals surface area contributed by atoms with E-state index in [4.69, 9.17) is 22.3 Å². The van der Waals surface area contributed by atoms with Crippen LogP contribution in [0, 0.1) is 0 Å². The minimum atomic E-state index is -4.67. The SMILES string of the molecule is CCCCCCCCCCC(C)OC(C)CCCCCCCCCC.O=S(=O)(O)O. The highest BCUT2D eigenvalue weighted by Crippen LogP contribution is 2.15. The fourth-order valence-electron chi connectivity index (χ4n) is 3.66. The summed E-state index contributed by atoms with van der Waals surface area (Å²) in [7, 11) is -4.67. The molecule has 0 heterocycles. The van der Waals surface area contributed by atoms with E-state index in [1.165, 1.54) is 116 Å². The van der Waals surface area contributed by atoms with Crippen LogP contribution < -0.4 is 0 Å². The van der Waals surface area contributed by atoms with Crippen molar-refractivity contribution in [3.63, 3.8) is 0 Å². The lowest BCUT2D eigenvalue weighted by molar-refractivity contribution is -0.00232. The van der Waals surface area contributed by atoms with E-state index < -0.39 is 10.4 Å². The van der Waals surface area contributed by atoms with Crippen LogP contribution in [0.15, 0.2) is 0 Å². The maximum absolute atomic E-state index is 8.74. The number of unbranched alkanes of at least 4 members (excludes halogenated alkanes) is 14. The molecular weight excluding hydrogens is 400 g/mol. The van der Waals surface area contributed by atoms with E-state index in [2.05, 4.69) is 27.7 Å². The summed E-state index contributed by atoms with van der Waals surface area (Å²) in [4.78, 5) is 0. The molecule has 0 aliphatic carbocycles. The Kier molecular flexibility index (Phi) is 25.1.